The van der Waals surface area contributed by atoms with E-state index in [2.05, 4.69) is 13.7 Å². The third-order valence-electron chi connectivity index (χ3n) is 5.88. The number of pyridine rings is 1. The molecule has 2 aromatic heterocycles. The highest BCUT2D eigenvalue weighted by molar-refractivity contribution is 7.89. The van der Waals surface area contributed by atoms with Crippen molar-refractivity contribution < 1.29 is 12.8 Å². The molecule has 0 aliphatic rings. The van der Waals surface area contributed by atoms with Gasteiger partial charge >= 0.3 is 0 Å². The Morgan fingerprint density at radius 3 is 2.54 bits per heavy atom. The van der Waals surface area contributed by atoms with Crippen LogP contribution in [0.1, 0.15) is 22.3 Å². The molecule has 7 nitrogen and oxygen atoms in total. The maximum atomic E-state index is 13.9. The Morgan fingerprint density at radius 2 is 1.77 bits per heavy atom. The standard InChI is InChI=1S/C25H21FN4O3S2/c1-15-10-16(2)20-12-18(25(31)27-22(20)11-15)14-30(13-17-6-8-19(26)9-7-17)35(32,33)23-5-3-4-21-24(23)29-34-28-21/h3-12H,13-14H2,1-2H3,(H,27,31). The Balaban J connectivity index is 1.63. The second-order valence-electron chi connectivity index (χ2n) is 8.45. The van der Waals surface area contributed by atoms with Gasteiger partial charge in [-0.1, -0.05) is 24.3 Å². The summed E-state index contributed by atoms with van der Waals surface area (Å²) >= 11 is 0.931. The van der Waals surface area contributed by atoms with Gasteiger partial charge in [0, 0.05) is 29.6 Å². The van der Waals surface area contributed by atoms with Crippen LogP contribution in [-0.4, -0.2) is 26.5 Å². The van der Waals surface area contributed by atoms with Gasteiger partial charge in [0.1, 0.15) is 21.7 Å². The van der Waals surface area contributed by atoms with E-state index >= 15 is 0 Å². The number of benzene rings is 3. The maximum absolute atomic E-state index is 13.9. The zero-order valence-electron chi connectivity index (χ0n) is 18.9. The monoisotopic (exact) mass is 508 g/mol. The van der Waals surface area contributed by atoms with Gasteiger partial charge in [0.15, 0.2) is 0 Å². The highest BCUT2D eigenvalue weighted by Gasteiger charge is 2.29. The van der Waals surface area contributed by atoms with Crippen molar-refractivity contribution in [1.29, 1.82) is 0 Å². The number of hydrogen-bond donors (Lipinski definition) is 1. The van der Waals surface area contributed by atoms with Gasteiger partial charge in [-0.15, -0.1) is 0 Å². The second-order valence-corrected chi connectivity index (χ2v) is 10.9. The van der Waals surface area contributed by atoms with Crippen LogP contribution in [0, 0.1) is 19.7 Å². The Kier molecular flexibility index (Phi) is 5.96. The second kappa shape index (κ2) is 8.95. The summed E-state index contributed by atoms with van der Waals surface area (Å²) in [7, 11) is -4.10. The van der Waals surface area contributed by atoms with Crippen LogP contribution in [0.3, 0.4) is 0 Å². The average molecular weight is 509 g/mol. The summed E-state index contributed by atoms with van der Waals surface area (Å²) < 4.78 is 50.8. The summed E-state index contributed by atoms with van der Waals surface area (Å²) in [6, 6.07) is 16.0. The Morgan fingerprint density at radius 1 is 1.00 bits per heavy atom. The number of rotatable bonds is 6. The zero-order valence-corrected chi connectivity index (χ0v) is 20.6. The van der Waals surface area contributed by atoms with Crippen molar-refractivity contribution in [2.24, 2.45) is 0 Å². The number of aromatic nitrogens is 3. The Bertz CT molecular complexity index is 1730. The normalized spacial score (nSPS) is 12.1. The molecule has 5 aromatic rings. The number of aromatic amines is 1. The molecular weight excluding hydrogens is 487 g/mol. The van der Waals surface area contributed by atoms with Crippen molar-refractivity contribution in [2.45, 2.75) is 31.8 Å². The number of halogens is 1. The van der Waals surface area contributed by atoms with Crippen molar-refractivity contribution in [3.8, 4) is 0 Å². The molecule has 0 aliphatic heterocycles. The minimum absolute atomic E-state index is 0.00915. The predicted molar refractivity (Wildman–Crippen MR) is 134 cm³/mol. The molecule has 3 aromatic carbocycles. The molecule has 0 spiro atoms. The number of aryl methyl sites for hydroxylation is 2. The summed E-state index contributed by atoms with van der Waals surface area (Å²) in [5, 5.41) is 0.843. The lowest BCUT2D eigenvalue weighted by Gasteiger charge is -2.22. The van der Waals surface area contributed by atoms with Gasteiger partial charge in [-0.2, -0.15) is 13.1 Å². The smallest absolute Gasteiger partial charge is 0.252 e. The minimum Gasteiger partial charge on any atom is -0.322 e. The fraction of sp³-hybridized carbons (Fsp3) is 0.160. The molecule has 0 aliphatic carbocycles. The molecule has 0 fully saturated rings. The molecule has 0 bridgehead atoms. The lowest BCUT2D eigenvalue weighted by molar-refractivity contribution is 0.400. The first kappa shape index (κ1) is 23.3. The molecule has 0 unspecified atom stereocenters. The molecule has 178 valence electrons. The Hall–Kier alpha value is -3.47. The van der Waals surface area contributed by atoms with Gasteiger partial charge in [-0.05, 0) is 66.9 Å². The number of H-pyrrole nitrogens is 1. The third-order valence-corrected chi connectivity index (χ3v) is 8.24. The zero-order chi connectivity index (χ0) is 24.7. The van der Waals surface area contributed by atoms with E-state index in [0.717, 1.165) is 28.2 Å². The van der Waals surface area contributed by atoms with Crippen LogP contribution in [0.5, 0.6) is 0 Å². The first-order valence-electron chi connectivity index (χ1n) is 10.8. The van der Waals surface area contributed by atoms with Gasteiger partial charge in [-0.25, -0.2) is 12.8 Å². The summed E-state index contributed by atoms with van der Waals surface area (Å²) in [5.74, 6) is -0.418. The van der Waals surface area contributed by atoms with Crippen LogP contribution in [0.2, 0.25) is 0 Å². The van der Waals surface area contributed by atoms with Gasteiger partial charge < -0.3 is 4.98 Å². The first-order chi connectivity index (χ1) is 16.7. The SMILES string of the molecule is Cc1cc(C)c2cc(CN(Cc3ccc(F)cc3)S(=O)(=O)c3cccc4nsnc34)c(=O)[nH]c2c1. The molecule has 5 rings (SSSR count). The number of sulfonamides is 1. The van der Waals surface area contributed by atoms with Crippen LogP contribution in [0.15, 0.2) is 70.4 Å². The van der Waals surface area contributed by atoms with Crippen LogP contribution in [0.4, 0.5) is 4.39 Å². The van der Waals surface area contributed by atoms with E-state index in [4.69, 9.17) is 0 Å². The van der Waals surface area contributed by atoms with Crippen molar-refractivity contribution in [1.82, 2.24) is 18.0 Å². The lowest BCUT2D eigenvalue weighted by atomic mass is 10.0. The van der Waals surface area contributed by atoms with Gasteiger partial charge in [-0.3, -0.25) is 4.79 Å². The van der Waals surface area contributed by atoms with Crippen molar-refractivity contribution in [3.63, 3.8) is 0 Å². The van der Waals surface area contributed by atoms with Crippen molar-refractivity contribution in [3.05, 3.63) is 99.1 Å². The highest BCUT2D eigenvalue weighted by Crippen LogP contribution is 2.27. The molecule has 1 N–H and O–H groups in total. The van der Waals surface area contributed by atoms with E-state index < -0.39 is 15.8 Å². The first-order valence-corrected chi connectivity index (χ1v) is 13.0. The quantitative estimate of drug-likeness (QED) is 0.359. The summed E-state index contributed by atoms with van der Waals surface area (Å²) in [5.41, 5.74) is 3.97. The average Bonchev–Trinajstić information content (AvgIpc) is 3.29. The number of nitrogens with one attached hydrogen (secondary N) is 1. The van der Waals surface area contributed by atoms with Crippen LogP contribution < -0.4 is 5.56 Å². The van der Waals surface area contributed by atoms with Crippen LogP contribution in [0.25, 0.3) is 21.9 Å². The van der Waals surface area contributed by atoms with E-state index in [0.29, 0.717) is 22.2 Å². The molecule has 0 amide bonds. The van der Waals surface area contributed by atoms with Crippen LogP contribution in [-0.2, 0) is 23.1 Å². The fourth-order valence-corrected chi connectivity index (χ4v) is 6.33. The maximum Gasteiger partial charge on any atom is 0.252 e. The molecular formula is C25H21FN4O3S2. The minimum atomic E-state index is -4.10. The van der Waals surface area contributed by atoms with E-state index in [1.165, 1.54) is 34.6 Å². The van der Waals surface area contributed by atoms with Crippen molar-refractivity contribution >= 4 is 43.7 Å². The molecule has 0 saturated heterocycles. The summed E-state index contributed by atoms with van der Waals surface area (Å²) in [6.45, 7) is 3.66. The Labute approximate surface area is 205 Å². The molecule has 0 atom stereocenters. The molecule has 0 saturated carbocycles. The van der Waals surface area contributed by atoms with Crippen molar-refractivity contribution in [2.75, 3.05) is 0 Å². The molecule has 35 heavy (non-hydrogen) atoms. The molecule has 0 radical (unpaired) electrons. The predicted octanol–water partition coefficient (Wildman–Crippen LogP) is 4.68. The largest absolute Gasteiger partial charge is 0.322 e. The van der Waals surface area contributed by atoms with E-state index in [1.54, 1.807) is 18.2 Å². The molecule has 10 heteroatoms. The van der Waals surface area contributed by atoms with Crippen LogP contribution >= 0.6 is 11.7 Å². The fourth-order valence-electron chi connectivity index (χ4n) is 4.17. The topological polar surface area (TPSA) is 96.0 Å². The molecule has 2 heterocycles. The summed E-state index contributed by atoms with van der Waals surface area (Å²) in [4.78, 5) is 15.9. The van der Waals surface area contributed by atoms with Gasteiger partial charge in [0.25, 0.3) is 5.56 Å². The lowest BCUT2D eigenvalue weighted by Crippen LogP contribution is -2.32. The number of fused-ring (bicyclic) bond motifs is 2. The summed E-state index contributed by atoms with van der Waals surface area (Å²) in [6.07, 6.45) is 0. The van der Waals surface area contributed by atoms with E-state index in [9.17, 15) is 17.6 Å². The third kappa shape index (κ3) is 4.47. The highest BCUT2D eigenvalue weighted by atomic mass is 32.2. The van der Waals surface area contributed by atoms with Gasteiger partial charge in [0.05, 0.1) is 11.7 Å². The van der Waals surface area contributed by atoms with E-state index in [1.807, 2.05) is 26.0 Å². The number of hydrogen-bond acceptors (Lipinski definition) is 6. The van der Waals surface area contributed by atoms with E-state index in [-0.39, 0.29) is 29.1 Å². The number of nitrogens with zero attached hydrogens (tertiary/aromatic N) is 3. The van der Waals surface area contributed by atoms with Gasteiger partial charge in [0.2, 0.25) is 10.0 Å².